The van der Waals surface area contributed by atoms with Crippen molar-refractivity contribution < 1.29 is 5.11 Å². The minimum atomic E-state index is -0.481. The summed E-state index contributed by atoms with van der Waals surface area (Å²) in [6.07, 6.45) is 8.91. The molecule has 1 aliphatic carbocycles. The van der Waals surface area contributed by atoms with Gasteiger partial charge in [0, 0.05) is 25.2 Å². The SMILES string of the molecule is CC1(O)CCCN(CC2(CNC(C)(C)C)CCCCC2)C1. The third-order valence-electron chi connectivity index (χ3n) is 5.22. The first-order chi connectivity index (χ1) is 9.70. The number of likely N-dealkylation sites (tertiary alicyclic amines) is 1. The van der Waals surface area contributed by atoms with E-state index in [0.717, 1.165) is 39.0 Å². The first-order valence-electron chi connectivity index (χ1n) is 8.90. The smallest absolute Gasteiger partial charge is 0.0746 e. The lowest BCUT2D eigenvalue weighted by Crippen LogP contribution is -2.54. The summed E-state index contributed by atoms with van der Waals surface area (Å²) in [4.78, 5) is 2.53. The zero-order chi connectivity index (χ0) is 15.6. The van der Waals surface area contributed by atoms with Crippen molar-refractivity contribution in [3.05, 3.63) is 0 Å². The Morgan fingerprint density at radius 2 is 1.71 bits per heavy atom. The molecule has 2 rings (SSSR count). The van der Waals surface area contributed by atoms with E-state index in [1.165, 1.54) is 32.1 Å². The molecule has 0 amide bonds. The predicted octanol–water partition coefficient (Wildman–Crippen LogP) is 3.17. The van der Waals surface area contributed by atoms with E-state index in [0.29, 0.717) is 5.41 Å². The average molecular weight is 296 g/mol. The number of hydrogen-bond donors (Lipinski definition) is 2. The van der Waals surface area contributed by atoms with Gasteiger partial charge in [0.25, 0.3) is 0 Å². The number of rotatable bonds is 4. The fourth-order valence-electron chi connectivity index (χ4n) is 4.08. The molecule has 0 aromatic rings. The fraction of sp³-hybridized carbons (Fsp3) is 1.00. The molecule has 0 bridgehead atoms. The predicted molar refractivity (Wildman–Crippen MR) is 89.6 cm³/mol. The van der Waals surface area contributed by atoms with Gasteiger partial charge in [-0.15, -0.1) is 0 Å². The summed E-state index contributed by atoms with van der Waals surface area (Å²) >= 11 is 0. The third kappa shape index (κ3) is 5.54. The van der Waals surface area contributed by atoms with Gasteiger partial charge in [0.15, 0.2) is 0 Å². The Morgan fingerprint density at radius 3 is 2.29 bits per heavy atom. The summed E-state index contributed by atoms with van der Waals surface area (Å²) < 4.78 is 0. The Hall–Kier alpha value is -0.120. The van der Waals surface area contributed by atoms with Crippen LogP contribution in [0.1, 0.15) is 72.6 Å². The second kappa shape index (κ2) is 6.55. The topological polar surface area (TPSA) is 35.5 Å². The second-order valence-electron chi connectivity index (χ2n) is 8.98. The average Bonchev–Trinajstić information content (AvgIpc) is 2.36. The first kappa shape index (κ1) is 17.2. The maximum atomic E-state index is 10.4. The van der Waals surface area contributed by atoms with Crippen molar-refractivity contribution in [2.75, 3.05) is 26.2 Å². The number of aliphatic hydroxyl groups is 1. The zero-order valence-electron chi connectivity index (χ0n) is 14.7. The Balaban J connectivity index is 1.98. The van der Waals surface area contributed by atoms with Crippen LogP contribution in [-0.4, -0.2) is 47.3 Å². The Morgan fingerprint density at radius 1 is 1.05 bits per heavy atom. The van der Waals surface area contributed by atoms with Crippen LogP contribution in [0, 0.1) is 5.41 Å². The molecule has 1 saturated carbocycles. The molecule has 1 aliphatic heterocycles. The third-order valence-corrected chi connectivity index (χ3v) is 5.22. The first-order valence-corrected chi connectivity index (χ1v) is 8.90. The highest BCUT2D eigenvalue weighted by atomic mass is 16.3. The molecule has 1 atom stereocenters. The van der Waals surface area contributed by atoms with Gasteiger partial charge in [-0.1, -0.05) is 19.3 Å². The van der Waals surface area contributed by atoms with Gasteiger partial charge in [0.1, 0.15) is 0 Å². The van der Waals surface area contributed by atoms with Gasteiger partial charge < -0.3 is 10.4 Å². The molecular weight excluding hydrogens is 260 g/mol. The van der Waals surface area contributed by atoms with Crippen molar-refractivity contribution in [3.63, 3.8) is 0 Å². The normalized spacial score (nSPS) is 31.3. The van der Waals surface area contributed by atoms with Gasteiger partial charge in [-0.3, -0.25) is 4.90 Å². The highest BCUT2D eigenvalue weighted by molar-refractivity contribution is 4.92. The maximum Gasteiger partial charge on any atom is 0.0746 e. The Bertz CT molecular complexity index is 327. The molecular formula is C18H36N2O. The van der Waals surface area contributed by atoms with Gasteiger partial charge in [0.2, 0.25) is 0 Å². The molecule has 2 N–H and O–H groups in total. The van der Waals surface area contributed by atoms with Crippen molar-refractivity contribution in [2.24, 2.45) is 5.41 Å². The van der Waals surface area contributed by atoms with E-state index in [1.54, 1.807) is 0 Å². The molecule has 0 aromatic carbocycles. The van der Waals surface area contributed by atoms with Crippen molar-refractivity contribution in [1.82, 2.24) is 10.2 Å². The monoisotopic (exact) mass is 296 g/mol. The number of nitrogens with one attached hydrogen (secondary N) is 1. The van der Waals surface area contributed by atoms with Gasteiger partial charge in [-0.2, -0.15) is 0 Å². The zero-order valence-corrected chi connectivity index (χ0v) is 14.7. The maximum absolute atomic E-state index is 10.4. The van der Waals surface area contributed by atoms with Crippen LogP contribution in [0.25, 0.3) is 0 Å². The van der Waals surface area contributed by atoms with Crippen LogP contribution in [-0.2, 0) is 0 Å². The minimum absolute atomic E-state index is 0.192. The van der Waals surface area contributed by atoms with Crippen LogP contribution in [0.3, 0.4) is 0 Å². The molecule has 3 heteroatoms. The van der Waals surface area contributed by atoms with E-state index in [1.807, 2.05) is 6.92 Å². The standard InChI is InChI=1S/C18H36N2O/c1-16(2,3)19-13-18(10-6-5-7-11-18)15-20-12-8-9-17(4,21)14-20/h19,21H,5-15H2,1-4H3. The van der Waals surface area contributed by atoms with Crippen LogP contribution in [0.15, 0.2) is 0 Å². The molecule has 0 spiro atoms. The van der Waals surface area contributed by atoms with Gasteiger partial charge >= 0.3 is 0 Å². The molecule has 2 aliphatic rings. The summed E-state index contributed by atoms with van der Waals surface area (Å²) in [6.45, 7) is 13.1. The highest BCUT2D eigenvalue weighted by Crippen LogP contribution is 2.38. The quantitative estimate of drug-likeness (QED) is 0.836. The minimum Gasteiger partial charge on any atom is -0.389 e. The lowest BCUT2D eigenvalue weighted by molar-refractivity contribution is -0.0336. The summed E-state index contributed by atoms with van der Waals surface area (Å²) in [7, 11) is 0. The molecule has 2 fully saturated rings. The van der Waals surface area contributed by atoms with E-state index in [-0.39, 0.29) is 5.54 Å². The van der Waals surface area contributed by atoms with Crippen LogP contribution in [0.2, 0.25) is 0 Å². The molecule has 0 radical (unpaired) electrons. The molecule has 124 valence electrons. The Kier molecular flexibility index (Phi) is 5.38. The largest absolute Gasteiger partial charge is 0.389 e. The summed E-state index contributed by atoms with van der Waals surface area (Å²) in [5.74, 6) is 0. The van der Waals surface area contributed by atoms with Crippen molar-refractivity contribution >= 4 is 0 Å². The molecule has 1 unspecified atom stereocenters. The molecule has 1 heterocycles. The van der Waals surface area contributed by atoms with Crippen molar-refractivity contribution in [1.29, 1.82) is 0 Å². The Labute approximate surface area is 131 Å². The molecule has 21 heavy (non-hydrogen) atoms. The van der Waals surface area contributed by atoms with Crippen LogP contribution >= 0.6 is 0 Å². The van der Waals surface area contributed by atoms with Crippen LogP contribution < -0.4 is 5.32 Å². The number of β-amino-alcohol motifs (C(OH)–C–C–N with tert-alkyl or cyclic N) is 1. The molecule has 1 saturated heterocycles. The van der Waals surface area contributed by atoms with Crippen LogP contribution in [0.4, 0.5) is 0 Å². The van der Waals surface area contributed by atoms with Gasteiger partial charge in [0.05, 0.1) is 5.60 Å². The number of hydrogen-bond acceptors (Lipinski definition) is 3. The summed E-state index contributed by atoms with van der Waals surface area (Å²) in [5, 5.41) is 14.1. The van der Waals surface area contributed by atoms with E-state index in [2.05, 4.69) is 31.0 Å². The van der Waals surface area contributed by atoms with Crippen molar-refractivity contribution in [2.45, 2.75) is 83.8 Å². The lowest BCUT2D eigenvalue weighted by Gasteiger charge is -2.46. The van der Waals surface area contributed by atoms with Gasteiger partial charge in [-0.25, -0.2) is 0 Å². The van der Waals surface area contributed by atoms with Gasteiger partial charge in [-0.05, 0) is 65.3 Å². The number of nitrogens with zero attached hydrogens (tertiary/aromatic N) is 1. The highest BCUT2D eigenvalue weighted by Gasteiger charge is 2.37. The lowest BCUT2D eigenvalue weighted by atomic mass is 9.72. The fourth-order valence-corrected chi connectivity index (χ4v) is 4.08. The second-order valence-corrected chi connectivity index (χ2v) is 8.98. The van der Waals surface area contributed by atoms with Crippen LogP contribution in [0.5, 0.6) is 0 Å². The summed E-state index contributed by atoms with van der Waals surface area (Å²) in [6, 6.07) is 0. The van der Waals surface area contributed by atoms with Crippen molar-refractivity contribution in [3.8, 4) is 0 Å². The van der Waals surface area contributed by atoms with E-state index >= 15 is 0 Å². The van der Waals surface area contributed by atoms with E-state index in [9.17, 15) is 5.11 Å². The molecule has 0 aromatic heterocycles. The summed E-state index contributed by atoms with van der Waals surface area (Å²) in [5.41, 5.74) is 0.127. The molecule has 3 nitrogen and oxygen atoms in total. The van der Waals surface area contributed by atoms with E-state index in [4.69, 9.17) is 0 Å². The number of piperidine rings is 1. The van der Waals surface area contributed by atoms with E-state index < -0.39 is 5.60 Å².